The number of hydrogen-bond acceptors (Lipinski definition) is 6. The standard InChI is InChI=1S/C27H23N5O3/c1-2-35-27(34)20-10-13-22-23(16-20)30-26(33)24(22)25(19-6-4-3-5-7-19)29-21-11-8-18(9-12-21)17-32-15-14-28-31-32/h3-16,29H,2,17H2,1H3,(H,30,33)/b25-24-. The molecule has 8 heteroatoms. The highest BCUT2D eigenvalue weighted by atomic mass is 16.5. The van der Waals surface area contributed by atoms with Gasteiger partial charge in [-0.25, -0.2) is 9.48 Å². The van der Waals surface area contributed by atoms with Crippen molar-refractivity contribution in [3.05, 3.63) is 107 Å². The van der Waals surface area contributed by atoms with Crippen molar-refractivity contribution in [2.75, 3.05) is 17.2 Å². The van der Waals surface area contributed by atoms with E-state index in [4.69, 9.17) is 4.74 Å². The summed E-state index contributed by atoms with van der Waals surface area (Å²) >= 11 is 0. The first kappa shape index (κ1) is 22.1. The molecule has 0 saturated heterocycles. The van der Waals surface area contributed by atoms with Gasteiger partial charge in [-0.1, -0.05) is 53.7 Å². The maximum atomic E-state index is 13.1. The highest BCUT2D eigenvalue weighted by Gasteiger charge is 2.29. The third-order valence-electron chi connectivity index (χ3n) is 5.63. The minimum atomic E-state index is -0.422. The van der Waals surface area contributed by atoms with Gasteiger partial charge in [0.1, 0.15) is 0 Å². The van der Waals surface area contributed by atoms with Crippen molar-refractivity contribution in [3.63, 3.8) is 0 Å². The molecule has 0 aliphatic carbocycles. The van der Waals surface area contributed by atoms with Crippen molar-refractivity contribution >= 4 is 34.5 Å². The average molecular weight is 466 g/mol. The zero-order chi connectivity index (χ0) is 24.2. The van der Waals surface area contributed by atoms with Gasteiger partial charge in [0.2, 0.25) is 0 Å². The fourth-order valence-corrected chi connectivity index (χ4v) is 3.99. The number of nitrogens with one attached hydrogen (secondary N) is 2. The Balaban J connectivity index is 1.51. The summed E-state index contributed by atoms with van der Waals surface area (Å²) in [6, 6.07) is 22.7. The molecule has 1 aromatic heterocycles. The van der Waals surface area contributed by atoms with Crippen LogP contribution in [-0.2, 0) is 16.1 Å². The van der Waals surface area contributed by atoms with E-state index in [0.29, 0.717) is 29.1 Å². The molecule has 1 aliphatic heterocycles. The fraction of sp³-hybridized carbons (Fsp3) is 0.111. The van der Waals surface area contributed by atoms with Crippen molar-refractivity contribution in [2.45, 2.75) is 13.5 Å². The number of fused-ring (bicyclic) bond motifs is 1. The summed E-state index contributed by atoms with van der Waals surface area (Å²) in [5.41, 5.74) is 5.65. The summed E-state index contributed by atoms with van der Waals surface area (Å²) < 4.78 is 6.85. The van der Waals surface area contributed by atoms with E-state index in [1.807, 2.05) is 60.8 Å². The molecule has 0 unspecified atom stereocenters. The molecule has 0 spiro atoms. The van der Waals surface area contributed by atoms with Crippen molar-refractivity contribution in [1.29, 1.82) is 0 Å². The van der Waals surface area contributed by atoms with Crippen molar-refractivity contribution in [2.24, 2.45) is 0 Å². The number of aromatic nitrogens is 3. The Hall–Kier alpha value is -4.72. The number of carbonyl (C=O) groups is 2. The molecule has 2 N–H and O–H groups in total. The van der Waals surface area contributed by atoms with E-state index in [1.54, 1.807) is 36.0 Å². The van der Waals surface area contributed by atoms with Crippen LogP contribution in [0.2, 0.25) is 0 Å². The van der Waals surface area contributed by atoms with Crippen LogP contribution in [0.1, 0.15) is 34.0 Å². The summed E-state index contributed by atoms with van der Waals surface area (Å²) in [4.78, 5) is 25.3. The molecule has 0 radical (unpaired) electrons. The van der Waals surface area contributed by atoms with Gasteiger partial charge >= 0.3 is 5.97 Å². The molecular weight excluding hydrogens is 442 g/mol. The second kappa shape index (κ2) is 9.64. The predicted molar refractivity (Wildman–Crippen MR) is 133 cm³/mol. The van der Waals surface area contributed by atoms with E-state index < -0.39 is 5.97 Å². The molecular formula is C27H23N5O3. The highest BCUT2D eigenvalue weighted by molar-refractivity contribution is 6.37. The van der Waals surface area contributed by atoms with Crippen LogP contribution < -0.4 is 10.6 Å². The van der Waals surface area contributed by atoms with Crippen molar-refractivity contribution < 1.29 is 14.3 Å². The number of esters is 1. The van der Waals surface area contributed by atoms with Gasteiger partial charge in [-0.3, -0.25) is 4.79 Å². The SMILES string of the molecule is CCOC(=O)c1ccc2c(c1)NC(=O)/C2=C(\Nc1ccc(Cn2ccnn2)cc1)c1ccccc1. The second-order valence-corrected chi connectivity index (χ2v) is 7.97. The Kier molecular flexibility index (Phi) is 6.09. The third kappa shape index (κ3) is 4.67. The lowest BCUT2D eigenvalue weighted by Gasteiger charge is -2.15. The number of hydrogen-bond donors (Lipinski definition) is 2. The minimum absolute atomic E-state index is 0.241. The minimum Gasteiger partial charge on any atom is -0.462 e. The molecule has 0 saturated carbocycles. The highest BCUT2D eigenvalue weighted by Crippen LogP contribution is 2.38. The third-order valence-corrected chi connectivity index (χ3v) is 5.63. The van der Waals surface area contributed by atoms with Crippen LogP contribution in [0, 0.1) is 0 Å². The fourth-order valence-electron chi connectivity index (χ4n) is 3.99. The molecule has 1 aliphatic rings. The number of rotatable bonds is 7. The Morgan fingerprint density at radius 3 is 2.54 bits per heavy atom. The quantitative estimate of drug-likeness (QED) is 0.309. The van der Waals surface area contributed by atoms with Gasteiger partial charge in [-0.15, -0.1) is 5.10 Å². The monoisotopic (exact) mass is 465 g/mol. The number of benzene rings is 3. The van der Waals surface area contributed by atoms with Crippen molar-refractivity contribution in [3.8, 4) is 0 Å². The Labute approximate surface area is 202 Å². The number of amides is 1. The van der Waals surface area contributed by atoms with Gasteiger partial charge in [0.25, 0.3) is 5.91 Å². The average Bonchev–Trinajstić information content (AvgIpc) is 3.50. The summed E-state index contributed by atoms with van der Waals surface area (Å²) in [5, 5.41) is 14.2. The van der Waals surface area contributed by atoms with Crippen LogP contribution in [0.3, 0.4) is 0 Å². The lowest BCUT2D eigenvalue weighted by Crippen LogP contribution is -2.10. The van der Waals surface area contributed by atoms with E-state index >= 15 is 0 Å². The number of ether oxygens (including phenoxy) is 1. The number of carbonyl (C=O) groups excluding carboxylic acids is 2. The zero-order valence-corrected chi connectivity index (χ0v) is 19.1. The summed E-state index contributed by atoms with van der Waals surface area (Å²) in [7, 11) is 0. The molecule has 4 aromatic rings. The van der Waals surface area contributed by atoms with Gasteiger partial charge in [-0.2, -0.15) is 0 Å². The predicted octanol–water partition coefficient (Wildman–Crippen LogP) is 4.44. The molecule has 1 amide bonds. The largest absolute Gasteiger partial charge is 0.462 e. The molecule has 174 valence electrons. The molecule has 8 nitrogen and oxygen atoms in total. The maximum absolute atomic E-state index is 13.1. The molecule has 35 heavy (non-hydrogen) atoms. The zero-order valence-electron chi connectivity index (χ0n) is 19.1. The second-order valence-electron chi connectivity index (χ2n) is 7.97. The van der Waals surface area contributed by atoms with Gasteiger partial charge in [-0.05, 0) is 42.3 Å². The Morgan fingerprint density at radius 2 is 1.83 bits per heavy atom. The Morgan fingerprint density at radius 1 is 1.03 bits per heavy atom. The van der Waals surface area contributed by atoms with Crippen LogP contribution in [0.4, 0.5) is 11.4 Å². The van der Waals surface area contributed by atoms with Crippen LogP contribution in [0.25, 0.3) is 11.3 Å². The molecule has 3 aromatic carbocycles. The van der Waals surface area contributed by atoms with E-state index in [1.165, 1.54) is 0 Å². The van der Waals surface area contributed by atoms with E-state index in [2.05, 4.69) is 20.9 Å². The van der Waals surface area contributed by atoms with Crippen LogP contribution in [-0.4, -0.2) is 33.5 Å². The summed E-state index contributed by atoms with van der Waals surface area (Å²) in [5.74, 6) is -0.662. The Bertz CT molecular complexity index is 1390. The van der Waals surface area contributed by atoms with E-state index in [9.17, 15) is 9.59 Å². The lowest BCUT2D eigenvalue weighted by atomic mass is 9.99. The van der Waals surface area contributed by atoms with Crippen LogP contribution >= 0.6 is 0 Å². The first-order valence-corrected chi connectivity index (χ1v) is 11.2. The molecule has 0 atom stereocenters. The summed E-state index contributed by atoms with van der Waals surface area (Å²) in [6.45, 7) is 2.66. The summed E-state index contributed by atoms with van der Waals surface area (Å²) in [6.07, 6.45) is 3.46. The lowest BCUT2D eigenvalue weighted by molar-refractivity contribution is -0.110. The molecule has 5 rings (SSSR count). The maximum Gasteiger partial charge on any atom is 0.338 e. The molecule has 0 bridgehead atoms. The van der Waals surface area contributed by atoms with Gasteiger partial charge in [0, 0.05) is 17.4 Å². The van der Waals surface area contributed by atoms with Gasteiger partial charge < -0.3 is 15.4 Å². The first-order valence-electron chi connectivity index (χ1n) is 11.2. The van der Waals surface area contributed by atoms with Crippen LogP contribution in [0.15, 0.2) is 85.2 Å². The smallest absolute Gasteiger partial charge is 0.338 e. The number of nitrogens with zero attached hydrogens (tertiary/aromatic N) is 3. The number of anilines is 2. The first-order chi connectivity index (χ1) is 17.1. The van der Waals surface area contributed by atoms with Gasteiger partial charge in [0.05, 0.1) is 41.9 Å². The topological polar surface area (TPSA) is 98.1 Å². The normalized spacial score (nSPS) is 13.7. The molecule has 2 heterocycles. The molecule has 0 fully saturated rings. The van der Waals surface area contributed by atoms with Gasteiger partial charge in [0.15, 0.2) is 0 Å². The van der Waals surface area contributed by atoms with Crippen LogP contribution in [0.5, 0.6) is 0 Å². The van der Waals surface area contributed by atoms with Crippen molar-refractivity contribution in [1.82, 2.24) is 15.0 Å². The van der Waals surface area contributed by atoms with E-state index in [0.717, 1.165) is 22.4 Å². The van der Waals surface area contributed by atoms with E-state index in [-0.39, 0.29) is 12.5 Å².